The van der Waals surface area contributed by atoms with Crippen LogP contribution in [0.4, 0.5) is 0 Å². The van der Waals surface area contributed by atoms with E-state index in [1.54, 1.807) is 0 Å². The lowest BCUT2D eigenvalue weighted by atomic mass is 10.1. The van der Waals surface area contributed by atoms with Crippen molar-refractivity contribution in [2.24, 2.45) is 0 Å². The van der Waals surface area contributed by atoms with Crippen molar-refractivity contribution in [1.29, 1.82) is 0 Å². The van der Waals surface area contributed by atoms with Crippen molar-refractivity contribution in [3.05, 3.63) is 0 Å². The Labute approximate surface area is 99.4 Å². The predicted molar refractivity (Wildman–Crippen MR) is 67.8 cm³/mol. The summed E-state index contributed by atoms with van der Waals surface area (Å²) in [6.45, 7) is 7.13. The highest BCUT2D eigenvalue weighted by molar-refractivity contribution is 4.81. The number of piperazine rings is 1. The highest BCUT2D eigenvalue weighted by Gasteiger charge is 2.21. The predicted octanol–water partition coefficient (Wildman–Crippen LogP) is -0.426. The molecule has 2 rings (SSSR count). The minimum atomic E-state index is 0.723. The fourth-order valence-electron chi connectivity index (χ4n) is 2.74. The van der Waals surface area contributed by atoms with E-state index in [2.05, 4.69) is 34.5 Å². The molecule has 2 saturated heterocycles. The maximum absolute atomic E-state index is 3.68. The monoisotopic (exact) mass is 226 g/mol. The fraction of sp³-hybridized carbons (Fsp3) is 1.00. The Morgan fingerprint density at radius 3 is 2.88 bits per heavy atom. The van der Waals surface area contributed by atoms with Crippen LogP contribution in [0.2, 0.25) is 0 Å². The fourth-order valence-corrected chi connectivity index (χ4v) is 2.74. The molecule has 2 atom stereocenters. The molecule has 2 aliphatic heterocycles. The third-order valence-electron chi connectivity index (χ3n) is 3.95. The highest BCUT2D eigenvalue weighted by atomic mass is 15.2. The topological polar surface area (TPSA) is 30.5 Å². The molecule has 2 fully saturated rings. The second-order valence-electron chi connectivity index (χ2n) is 5.33. The van der Waals surface area contributed by atoms with Gasteiger partial charge in [0, 0.05) is 38.3 Å². The Balaban J connectivity index is 1.60. The van der Waals surface area contributed by atoms with Gasteiger partial charge in [0.05, 0.1) is 0 Å². The van der Waals surface area contributed by atoms with Crippen molar-refractivity contribution >= 4 is 0 Å². The highest BCUT2D eigenvalue weighted by Crippen LogP contribution is 2.07. The lowest BCUT2D eigenvalue weighted by molar-refractivity contribution is 0.188. The molecule has 0 aliphatic carbocycles. The summed E-state index contributed by atoms with van der Waals surface area (Å²) >= 11 is 0. The molecule has 0 saturated carbocycles. The number of hydrogen-bond donors (Lipinski definition) is 2. The van der Waals surface area contributed by atoms with Gasteiger partial charge in [-0.3, -0.25) is 0 Å². The second kappa shape index (κ2) is 5.96. The molecule has 2 N–H and O–H groups in total. The van der Waals surface area contributed by atoms with Gasteiger partial charge in [0.15, 0.2) is 0 Å². The van der Waals surface area contributed by atoms with Crippen molar-refractivity contribution in [1.82, 2.24) is 20.4 Å². The molecule has 4 heteroatoms. The van der Waals surface area contributed by atoms with E-state index in [4.69, 9.17) is 0 Å². The largest absolute Gasteiger partial charge is 0.314 e. The molecule has 0 aromatic heterocycles. The first kappa shape index (κ1) is 12.3. The smallest absolute Gasteiger partial charge is 0.0230 e. The Kier molecular flexibility index (Phi) is 4.58. The van der Waals surface area contributed by atoms with Gasteiger partial charge >= 0.3 is 0 Å². The van der Waals surface area contributed by atoms with Crippen molar-refractivity contribution in [3.63, 3.8) is 0 Å². The van der Waals surface area contributed by atoms with Gasteiger partial charge in [-0.15, -0.1) is 0 Å². The molecule has 0 aromatic rings. The molecule has 2 unspecified atom stereocenters. The summed E-state index contributed by atoms with van der Waals surface area (Å²) in [5.74, 6) is 0. The van der Waals surface area contributed by atoms with E-state index < -0.39 is 0 Å². The van der Waals surface area contributed by atoms with Gasteiger partial charge in [-0.1, -0.05) is 0 Å². The summed E-state index contributed by atoms with van der Waals surface area (Å²) in [6, 6.07) is 1.45. The van der Waals surface area contributed by atoms with E-state index in [9.17, 15) is 0 Å². The van der Waals surface area contributed by atoms with Gasteiger partial charge < -0.3 is 20.4 Å². The number of hydrogen-bond acceptors (Lipinski definition) is 4. The van der Waals surface area contributed by atoms with Crippen LogP contribution < -0.4 is 10.6 Å². The molecule has 0 aromatic carbocycles. The van der Waals surface area contributed by atoms with Crippen molar-refractivity contribution in [2.75, 3.05) is 53.4 Å². The Morgan fingerprint density at radius 1 is 1.31 bits per heavy atom. The minimum Gasteiger partial charge on any atom is -0.314 e. The molecule has 4 nitrogen and oxygen atoms in total. The molecule has 0 spiro atoms. The van der Waals surface area contributed by atoms with Gasteiger partial charge in [0.1, 0.15) is 0 Å². The van der Waals surface area contributed by atoms with Crippen LogP contribution in [0.1, 0.15) is 12.8 Å². The summed E-state index contributed by atoms with van der Waals surface area (Å²) in [4.78, 5) is 4.89. The van der Waals surface area contributed by atoms with Gasteiger partial charge in [-0.2, -0.15) is 0 Å². The van der Waals surface area contributed by atoms with E-state index in [0.717, 1.165) is 31.7 Å². The first-order valence-electron chi connectivity index (χ1n) is 6.58. The SMILES string of the molecule is CN1CCC(NCCC2CNCCN2C)C1. The zero-order valence-electron chi connectivity index (χ0n) is 10.7. The van der Waals surface area contributed by atoms with Crippen LogP contribution in [-0.2, 0) is 0 Å². The van der Waals surface area contributed by atoms with Crippen LogP contribution in [0.3, 0.4) is 0 Å². The van der Waals surface area contributed by atoms with E-state index >= 15 is 0 Å². The van der Waals surface area contributed by atoms with E-state index in [-0.39, 0.29) is 0 Å². The van der Waals surface area contributed by atoms with E-state index in [1.807, 2.05) is 0 Å². The molecule has 0 bridgehead atoms. The van der Waals surface area contributed by atoms with E-state index in [0.29, 0.717) is 0 Å². The standard InChI is InChI=1S/C12H26N4/c1-15-7-4-11(10-15)14-5-3-12-9-13-6-8-16(12)2/h11-14H,3-10H2,1-2H3. The number of rotatable bonds is 4. The van der Waals surface area contributed by atoms with Crippen LogP contribution in [0.15, 0.2) is 0 Å². The maximum atomic E-state index is 3.68. The molecule has 0 radical (unpaired) electrons. The lowest BCUT2D eigenvalue weighted by Gasteiger charge is -2.33. The first-order chi connectivity index (χ1) is 7.75. The van der Waals surface area contributed by atoms with E-state index in [1.165, 1.54) is 32.5 Å². The molecule has 94 valence electrons. The maximum Gasteiger partial charge on any atom is 0.0230 e. The summed E-state index contributed by atoms with van der Waals surface area (Å²) < 4.78 is 0. The molecular weight excluding hydrogens is 200 g/mol. The van der Waals surface area contributed by atoms with Crippen molar-refractivity contribution < 1.29 is 0 Å². The number of nitrogens with zero attached hydrogens (tertiary/aromatic N) is 2. The number of likely N-dealkylation sites (N-methyl/N-ethyl adjacent to an activating group) is 2. The quantitative estimate of drug-likeness (QED) is 0.681. The van der Waals surface area contributed by atoms with Crippen molar-refractivity contribution in [3.8, 4) is 0 Å². The van der Waals surface area contributed by atoms with Gasteiger partial charge in [0.2, 0.25) is 0 Å². The summed E-state index contributed by atoms with van der Waals surface area (Å²) in [5.41, 5.74) is 0. The van der Waals surface area contributed by atoms with Crippen LogP contribution >= 0.6 is 0 Å². The average Bonchev–Trinajstić information content (AvgIpc) is 2.67. The van der Waals surface area contributed by atoms with Gasteiger partial charge in [-0.25, -0.2) is 0 Å². The third kappa shape index (κ3) is 3.42. The minimum absolute atomic E-state index is 0.723. The van der Waals surface area contributed by atoms with Gasteiger partial charge in [-0.05, 0) is 40.0 Å². The number of likely N-dealkylation sites (tertiary alicyclic amines) is 1. The van der Waals surface area contributed by atoms with Crippen LogP contribution in [0, 0.1) is 0 Å². The Hall–Kier alpha value is -0.160. The first-order valence-corrected chi connectivity index (χ1v) is 6.58. The van der Waals surface area contributed by atoms with Gasteiger partial charge in [0.25, 0.3) is 0 Å². The third-order valence-corrected chi connectivity index (χ3v) is 3.95. The van der Waals surface area contributed by atoms with Crippen LogP contribution in [0.25, 0.3) is 0 Å². The lowest BCUT2D eigenvalue weighted by Crippen LogP contribution is -2.50. The summed E-state index contributed by atoms with van der Waals surface area (Å²) in [7, 11) is 4.45. The Morgan fingerprint density at radius 2 is 2.19 bits per heavy atom. The Bertz CT molecular complexity index is 209. The summed E-state index contributed by atoms with van der Waals surface area (Å²) in [5, 5.41) is 7.16. The normalized spacial score (nSPS) is 33.4. The molecule has 0 amide bonds. The molecule has 2 heterocycles. The zero-order valence-corrected chi connectivity index (χ0v) is 10.7. The molecular formula is C12H26N4. The summed E-state index contributed by atoms with van der Waals surface area (Å²) in [6.07, 6.45) is 2.58. The second-order valence-corrected chi connectivity index (χ2v) is 5.33. The average molecular weight is 226 g/mol. The van der Waals surface area contributed by atoms with Crippen LogP contribution in [0.5, 0.6) is 0 Å². The molecule has 2 aliphatic rings. The van der Waals surface area contributed by atoms with Crippen molar-refractivity contribution in [2.45, 2.75) is 24.9 Å². The molecule has 16 heavy (non-hydrogen) atoms. The van der Waals surface area contributed by atoms with Crippen LogP contribution in [-0.4, -0.2) is 75.2 Å². The zero-order chi connectivity index (χ0) is 11.4. The number of nitrogens with one attached hydrogen (secondary N) is 2.